The Labute approximate surface area is 132 Å². The highest BCUT2D eigenvalue weighted by molar-refractivity contribution is 14.1. The third kappa shape index (κ3) is 4.19. The fraction of sp³-hybridized carbons (Fsp3) is 0.231. The molecule has 1 aromatic carbocycles. The summed E-state index contributed by atoms with van der Waals surface area (Å²) in [7, 11) is 0. The number of anilines is 1. The Balaban J connectivity index is 2.03. The van der Waals surface area contributed by atoms with Gasteiger partial charge in [0.15, 0.2) is 5.69 Å². The van der Waals surface area contributed by atoms with Gasteiger partial charge in [-0.25, -0.2) is 0 Å². The van der Waals surface area contributed by atoms with Gasteiger partial charge in [0.05, 0.1) is 0 Å². The van der Waals surface area contributed by atoms with Gasteiger partial charge in [0.1, 0.15) is 6.54 Å². The summed E-state index contributed by atoms with van der Waals surface area (Å²) >= 11 is 2.15. The van der Waals surface area contributed by atoms with Crippen molar-refractivity contribution in [2.45, 2.75) is 19.6 Å². The Morgan fingerprint density at radius 1 is 1.38 bits per heavy atom. The van der Waals surface area contributed by atoms with Gasteiger partial charge in [-0.1, -0.05) is 0 Å². The molecule has 0 bridgehead atoms. The summed E-state index contributed by atoms with van der Waals surface area (Å²) in [6.07, 6.45) is -3.38. The van der Waals surface area contributed by atoms with E-state index in [0.29, 0.717) is 5.69 Å². The predicted molar refractivity (Wildman–Crippen MR) is 79.8 cm³/mol. The van der Waals surface area contributed by atoms with Crippen molar-refractivity contribution in [2.24, 2.45) is 0 Å². The summed E-state index contributed by atoms with van der Waals surface area (Å²) in [5, 5.41) is 5.98. The zero-order valence-electron chi connectivity index (χ0n) is 10.9. The van der Waals surface area contributed by atoms with E-state index in [1.54, 1.807) is 6.07 Å². The quantitative estimate of drug-likeness (QED) is 0.790. The first-order chi connectivity index (χ1) is 9.75. The highest BCUT2D eigenvalue weighted by Gasteiger charge is 2.33. The number of carbonyl (C=O) groups is 1. The fourth-order valence-corrected chi connectivity index (χ4v) is 2.35. The molecule has 2 aromatic rings. The van der Waals surface area contributed by atoms with Gasteiger partial charge in [-0.3, -0.25) is 9.48 Å². The standard InChI is InChI=1S/C13H11F3IN3O/c1-8-6-9(17)2-3-10(8)18-12(21)7-20-5-4-11(19-20)13(14,15)16/h2-6H,7H2,1H3,(H,18,21). The molecule has 0 unspecified atom stereocenters. The molecule has 112 valence electrons. The summed E-state index contributed by atoms with van der Waals surface area (Å²) in [6.45, 7) is 1.56. The van der Waals surface area contributed by atoms with E-state index in [1.807, 2.05) is 19.1 Å². The van der Waals surface area contributed by atoms with E-state index in [0.717, 1.165) is 26.1 Å². The molecule has 0 aliphatic carbocycles. The average molecular weight is 409 g/mol. The first-order valence-corrected chi connectivity index (χ1v) is 7.00. The number of nitrogens with one attached hydrogen (secondary N) is 1. The number of alkyl halides is 3. The molecule has 0 saturated heterocycles. The maximum atomic E-state index is 12.4. The summed E-state index contributed by atoms with van der Waals surface area (Å²) < 4.78 is 39.2. The van der Waals surface area contributed by atoms with Crippen LogP contribution in [0.5, 0.6) is 0 Å². The van der Waals surface area contributed by atoms with Gasteiger partial charge >= 0.3 is 6.18 Å². The molecule has 1 aromatic heterocycles. The fourth-order valence-electron chi connectivity index (χ4n) is 1.71. The van der Waals surface area contributed by atoms with Crippen LogP contribution in [0, 0.1) is 10.5 Å². The Hall–Kier alpha value is -1.58. The second-order valence-corrected chi connectivity index (χ2v) is 5.65. The van der Waals surface area contributed by atoms with Gasteiger partial charge in [-0.05, 0) is 59.3 Å². The maximum absolute atomic E-state index is 12.4. The van der Waals surface area contributed by atoms with Gasteiger partial charge in [0, 0.05) is 15.5 Å². The maximum Gasteiger partial charge on any atom is 0.435 e. The number of aromatic nitrogens is 2. The zero-order chi connectivity index (χ0) is 15.6. The van der Waals surface area contributed by atoms with Crippen LogP contribution in [0.2, 0.25) is 0 Å². The molecule has 1 N–H and O–H groups in total. The van der Waals surface area contributed by atoms with Crippen molar-refractivity contribution in [1.82, 2.24) is 9.78 Å². The minimum atomic E-state index is -4.51. The number of aryl methyl sites for hydroxylation is 1. The molecule has 1 amide bonds. The van der Waals surface area contributed by atoms with E-state index < -0.39 is 17.8 Å². The van der Waals surface area contributed by atoms with Crippen molar-refractivity contribution in [1.29, 1.82) is 0 Å². The Morgan fingerprint density at radius 3 is 2.67 bits per heavy atom. The van der Waals surface area contributed by atoms with Crippen molar-refractivity contribution in [3.8, 4) is 0 Å². The van der Waals surface area contributed by atoms with Crippen molar-refractivity contribution in [3.05, 3.63) is 45.3 Å². The smallest absolute Gasteiger partial charge is 0.324 e. The number of amides is 1. The van der Waals surface area contributed by atoms with Crippen LogP contribution in [0.15, 0.2) is 30.5 Å². The molecule has 0 radical (unpaired) electrons. The van der Waals surface area contributed by atoms with Crippen molar-refractivity contribution in [2.75, 3.05) is 5.32 Å². The van der Waals surface area contributed by atoms with Gasteiger partial charge in [-0.15, -0.1) is 0 Å². The molecular weight excluding hydrogens is 398 g/mol. The van der Waals surface area contributed by atoms with Gasteiger partial charge in [0.25, 0.3) is 0 Å². The molecular formula is C13H11F3IN3O. The number of hydrogen-bond donors (Lipinski definition) is 1. The van der Waals surface area contributed by atoms with Crippen LogP contribution in [-0.2, 0) is 17.5 Å². The van der Waals surface area contributed by atoms with Crippen molar-refractivity contribution >= 4 is 34.2 Å². The van der Waals surface area contributed by atoms with E-state index in [2.05, 4.69) is 33.0 Å². The van der Waals surface area contributed by atoms with Crippen molar-refractivity contribution in [3.63, 3.8) is 0 Å². The molecule has 0 aliphatic rings. The summed E-state index contributed by atoms with van der Waals surface area (Å²) in [5.41, 5.74) is 0.496. The van der Waals surface area contributed by atoms with Crippen LogP contribution >= 0.6 is 22.6 Å². The Kier molecular flexibility index (Phi) is 4.55. The van der Waals surface area contributed by atoms with Gasteiger partial charge in [0.2, 0.25) is 5.91 Å². The van der Waals surface area contributed by atoms with E-state index in [9.17, 15) is 18.0 Å². The van der Waals surface area contributed by atoms with Crippen LogP contribution in [0.1, 0.15) is 11.3 Å². The number of rotatable bonds is 3. The molecule has 0 spiro atoms. The minimum absolute atomic E-state index is 0.276. The highest BCUT2D eigenvalue weighted by atomic mass is 127. The summed E-state index contributed by atoms with van der Waals surface area (Å²) in [5.74, 6) is -0.434. The number of nitrogens with zero attached hydrogens (tertiary/aromatic N) is 2. The van der Waals surface area contributed by atoms with Gasteiger partial charge in [-0.2, -0.15) is 18.3 Å². The molecule has 8 heteroatoms. The van der Waals surface area contributed by atoms with Crippen LogP contribution in [0.25, 0.3) is 0 Å². The highest BCUT2D eigenvalue weighted by Crippen LogP contribution is 2.27. The lowest BCUT2D eigenvalue weighted by Crippen LogP contribution is -2.20. The third-order valence-corrected chi connectivity index (χ3v) is 3.37. The number of halogens is 4. The molecule has 0 saturated carbocycles. The lowest BCUT2D eigenvalue weighted by atomic mass is 10.2. The van der Waals surface area contributed by atoms with E-state index in [-0.39, 0.29) is 6.54 Å². The van der Waals surface area contributed by atoms with E-state index in [1.165, 1.54) is 0 Å². The SMILES string of the molecule is Cc1cc(I)ccc1NC(=O)Cn1ccc(C(F)(F)F)n1. The largest absolute Gasteiger partial charge is 0.435 e. The molecule has 4 nitrogen and oxygen atoms in total. The summed E-state index contributed by atoms with van der Waals surface area (Å²) in [6, 6.07) is 6.31. The van der Waals surface area contributed by atoms with Crippen molar-refractivity contribution < 1.29 is 18.0 Å². The van der Waals surface area contributed by atoms with E-state index in [4.69, 9.17) is 0 Å². The first-order valence-electron chi connectivity index (χ1n) is 5.92. The van der Waals surface area contributed by atoms with Crippen LogP contribution in [-0.4, -0.2) is 15.7 Å². The predicted octanol–water partition coefficient (Wildman–Crippen LogP) is 3.45. The molecule has 21 heavy (non-hydrogen) atoms. The Bertz CT molecular complexity index is 667. The molecule has 0 atom stereocenters. The zero-order valence-corrected chi connectivity index (χ0v) is 13.1. The molecule has 0 fully saturated rings. The lowest BCUT2D eigenvalue weighted by Gasteiger charge is -2.09. The normalized spacial score (nSPS) is 11.5. The van der Waals surface area contributed by atoms with Crippen LogP contribution in [0.3, 0.4) is 0 Å². The van der Waals surface area contributed by atoms with E-state index >= 15 is 0 Å². The monoisotopic (exact) mass is 409 g/mol. The summed E-state index contributed by atoms with van der Waals surface area (Å²) in [4.78, 5) is 11.8. The third-order valence-electron chi connectivity index (χ3n) is 2.70. The van der Waals surface area contributed by atoms with Crippen LogP contribution in [0.4, 0.5) is 18.9 Å². The molecule has 0 aliphatic heterocycles. The number of benzene rings is 1. The Morgan fingerprint density at radius 2 is 2.10 bits per heavy atom. The molecule has 2 rings (SSSR count). The van der Waals surface area contributed by atoms with Gasteiger partial charge < -0.3 is 5.32 Å². The second-order valence-electron chi connectivity index (χ2n) is 4.40. The second kappa shape index (κ2) is 6.04. The average Bonchev–Trinajstić information content (AvgIpc) is 2.81. The minimum Gasteiger partial charge on any atom is -0.324 e. The first kappa shape index (κ1) is 15.8. The topological polar surface area (TPSA) is 46.9 Å². The molecule has 1 heterocycles. The number of carbonyl (C=O) groups excluding carboxylic acids is 1. The number of hydrogen-bond acceptors (Lipinski definition) is 2. The lowest BCUT2D eigenvalue weighted by molar-refractivity contribution is -0.141. The van der Waals surface area contributed by atoms with Crippen LogP contribution < -0.4 is 5.32 Å².